The van der Waals surface area contributed by atoms with Crippen molar-refractivity contribution in [3.05, 3.63) is 24.3 Å². The van der Waals surface area contributed by atoms with Crippen LogP contribution in [0.1, 0.15) is 239 Å². The lowest BCUT2D eigenvalue weighted by atomic mass is 10.0. The van der Waals surface area contributed by atoms with E-state index in [1.807, 2.05) is 6.08 Å². The Labute approximate surface area is 324 Å². The van der Waals surface area contributed by atoms with Gasteiger partial charge in [0, 0.05) is 6.42 Å². The molecule has 0 bridgehead atoms. The van der Waals surface area contributed by atoms with Crippen LogP contribution in [0.25, 0.3) is 0 Å². The van der Waals surface area contributed by atoms with E-state index in [4.69, 9.17) is 0 Å². The summed E-state index contributed by atoms with van der Waals surface area (Å²) in [5.74, 6) is -0.974. The number of allylic oxidation sites excluding steroid dienone is 3. The molecular formula is C45H87NO5S. The van der Waals surface area contributed by atoms with Crippen LogP contribution in [0.15, 0.2) is 24.3 Å². The zero-order valence-electron chi connectivity index (χ0n) is 34.4. The molecule has 3 N–H and O–H groups in total. The van der Waals surface area contributed by atoms with Crippen LogP contribution in [-0.4, -0.2) is 41.9 Å². The Morgan fingerprint density at radius 3 is 1.15 bits per heavy atom. The molecule has 0 aliphatic rings. The Bertz CT molecular complexity index is 919. The first-order valence-corrected chi connectivity index (χ1v) is 24.1. The van der Waals surface area contributed by atoms with Gasteiger partial charge in [0.1, 0.15) is 0 Å². The molecule has 0 spiro atoms. The molecule has 0 radical (unpaired) electrons. The molecule has 0 aromatic rings. The third-order valence-corrected chi connectivity index (χ3v) is 11.2. The maximum atomic E-state index is 12.5. The molecular weight excluding hydrogens is 667 g/mol. The van der Waals surface area contributed by atoms with E-state index in [1.165, 1.54) is 180 Å². The molecule has 0 fully saturated rings. The van der Waals surface area contributed by atoms with Crippen molar-refractivity contribution in [3.8, 4) is 0 Å². The van der Waals surface area contributed by atoms with Crippen molar-refractivity contribution in [1.82, 2.24) is 5.32 Å². The Kier molecular flexibility index (Phi) is 38.6. The molecule has 6 nitrogen and oxygen atoms in total. The minimum Gasteiger partial charge on any atom is -0.387 e. The maximum absolute atomic E-state index is 12.5. The second-order valence-corrected chi connectivity index (χ2v) is 17.2. The van der Waals surface area contributed by atoms with Gasteiger partial charge in [0.15, 0.2) is 0 Å². The van der Waals surface area contributed by atoms with Crippen molar-refractivity contribution < 1.29 is 22.9 Å². The van der Waals surface area contributed by atoms with Gasteiger partial charge in [0.2, 0.25) is 5.91 Å². The number of unbranched alkanes of at least 4 members (excludes halogenated alkanes) is 31. The van der Waals surface area contributed by atoms with Crippen molar-refractivity contribution in [3.63, 3.8) is 0 Å². The van der Waals surface area contributed by atoms with E-state index >= 15 is 0 Å². The van der Waals surface area contributed by atoms with Crippen molar-refractivity contribution in [2.24, 2.45) is 0 Å². The van der Waals surface area contributed by atoms with Crippen molar-refractivity contribution in [2.45, 2.75) is 251 Å². The summed E-state index contributed by atoms with van der Waals surface area (Å²) in [7, 11) is -4.34. The number of carbonyl (C=O) groups excluding carboxylic acids is 1. The second-order valence-electron chi connectivity index (χ2n) is 15.7. The van der Waals surface area contributed by atoms with Gasteiger partial charge < -0.3 is 10.4 Å². The van der Waals surface area contributed by atoms with E-state index in [-0.39, 0.29) is 5.91 Å². The van der Waals surface area contributed by atoms with Gasteiger partial charge in [0.25, 0.3) is 10.1 Å². The Morgan fingerprint density at radius 2 is 0.808 bits per heavy atom. The molecule has 2 atom stereocenters. The van der Waals surface area contributed by atoms with Gasteiger partial charge in [-0.2, -0.15) is 8.42 Å². The van der Waals surface area contributed by atoms with Gasteiger partial charge in [-0.15, -0.1) is 0 Å². The predicted molar refractivity (Wildman–Crippen MR) is 226 cm³/mol. The number of aliphatic hydroxyl groups excluding tert-OH is 1. The highest BCUT2D eigenvalue weighted by Gasteiger charge is 2.24. The molecule has 0 heterocycles. The second kappa shape index (κ2) is 39.5. The fourth-order valence-electron chi connectivity index (χ4n) is 6.97. The third kappa shape index (κ3) is 40.0. The van der Waals surface area contributed by atoms with Crippen molar-refractivity contribution >= 4 is 16.0 Å². The number of carbonyl (C=O) groups is 1. The smallest absolute Gasteiger partial charge is 0.267 e. The number of rotatable bonds is 41. The predicted octanol–water partition coefficient (Wildman–Crippen LogP) is 13.5. The average Bonchev–Trinajstić information content (AvgIpc) is 3.11. The number of hydrogen-bond acceptors (Lipinski definition) is 4. The molecule has 0 saturated heterocycles. The van der Waals surface area contributed by atoms with Crippen molar-refractivity contribution in [2.75, 3.05) is 5.75 Å². The molecule has 0 aliphatic carbocycles. The SMILES string of the molecule is CCCCCCCCCC/C=C\CCCCCCCCCCCC(=O)NC(CS(=O)(=O)O)C(O)/C=C/CCCCCCCCCCCCCCCC. The average molecular weight is 754 g/mol. The Balaban J connectivity index is 3.84. The molecule has 0 aromatic carbocycles. The summed E-state index contributed by atoms with van der Waals surface area (Å²) in [6.45, 7) is 4.54. The van der Waals surface area contributed by atoms with Gasteiger partial charge >= 0.3 is 0 Å². The first kappa shape index (κ1) is 50.8. The summed E-state index contributed by atoms with van der Waals surface area (Å²) in [5.41, 5.74) is 0. The fourth-order valence-corrected chi connectivity index (χ4v) is 7.71. The summed E-state index contributed by atoms with van der Waals surface area (Å²) in [5, 5.41) is 13.3. The summed E-state index contributed by atoms with van der Waals surface area (Å²) in [4.78, 5) is 12.5. The summed E-state index contributed by atoms with van der Waals surface area (Å²) < 4.78 is 32.5. The molecule has 0 aromatic heterocycles. The number of nitrogens with one attached hydrogen (secondary N) is 1. The van der Waals surface area contributed by atoms with Crippen LogP contribution in [-0.2, 0) is 14.9 Å². The van der Waals surface area contributed by atoms with Gasteiger partial charge in [-0.3, -0.25) is 9.35 Å². The van der Waals surface area contributed by atoms with Crippen LogP contribution in [0.5, 0.6) is 0 Å². The summed E-state index contributed by atoms with van der Waals surface area (Å²) >= 11 is 0. The quantitative estimate of drug-likeness (QED) is 0.0328. The molecule has 1 amide bonds. The molecule has 52 heavy (non-hydrogen) atoms. The van der Waals surface area contributed by atoms with Crippen LogP contribution in [0.3, 0.4) is 0 Å². The molecule has 0 aliphatic heterocycles. The number of amides is 1. The highest BCUT2D eigenvalue weighted by atomic mass is 32.2. The zero-order chi connectivity index (χ0) is 38.2. The normalized spacial score (nSPS) is 13.4. The fraction of sp³-hybridized carbons (Fsp3) is 0.889. The van der Waals surface area contributed by atoms with E-state index < -0.39 is 28.0 Å². The monoisotopic (exact) mass is 754 g/mol. The molecule has 0 rings (SSSR count). The van der Waals surface area contributed by atoms with E-state index in [1.54, 1.807) is 6.08 Å². The molecule has 308 valence electrons. The lowest BCUT2D eigenvalue weighted by Crippen LogP contribution is -2.46. The standard InChI is InChI=1S/C45H87NO5S/c1-3-5-7-9-11-13-15-17-19-21-22-23-24-25-27-29-31-33-35-37-39-41-45(48)46-43(42-52(49,50)51)44(47)40-38-36-34-32-30-28-26-20-18-16-14-12-10-8-6-4-2/h21-22,38,40,43-44,47H,3-20,23-37,39,41-42H2,1-2H3,(H,46,48)(H,49,50,51)/b22-21-,40-38+. The largest absolute Gasteiger partial charge is 0.387 e. The third-order valence-electron chi connectivity index (χ3n) is 10.4. The highest BCUT2D eigenvalue weighted by molar-refractivity contribution is 7.85. The summed E-state index contributed by atoms with van der Waals surface area (Å²) in [6, 6.07) is -1.06. The lowest BCUT2D eigenvalue weighted by molar-refractivity contribution is -0.122. The van der Waals surface area contributed by atoms with Gasteiger partial charge in [0.05, 0.1) is 17.9 Å². The Morgan fingerprint density at radius 1 is 0.500 bits per heavy atom. The summed E-state index contributed by atoms with van der Waals surface area (Å²) in [6.07, 6.45) is 50.2. The van der Waals surface area contributed by atoms with E-state index in [0.29, 0.717) is 6.42 Å². The van der Waals surface area contributed by atoms with E-state index in [0.717, 1.165) is 38.5 Å². The van der Waals surface area contributed by atoms with Crippen LogP contribution in [0.2, 0.25) is 0 Å². The van der Waals surface area contributed by atoms with Crippen LogP contribution in [0, 0.1) is 0 Å². The lowest BCUT2D eigenvalue weighted by Gasteiger charge is -2.21. The van der Waals surface area contributed by atoms with Gasteiger partial charge in [-0.1, -0.05) is 212 Å². The maximum Gasteiger partial charge on any atom is 0.267 e. The highest BCUT2D eigenvalue weighted by Crippen LogP contribution is 2.15. The minimum atomic E-state index is -4.34. The number of aliphatic hydroxyl groups is 1. The molecule has 7 heteroatoms. The Hall–Kier alpha value is -1.18. The molecule has 0 saturated carbocycles. The van der Waals surface area contributed by atoms with Crippen LogP contribution >= 0.6 is 0 Å². The van der Waals surface area contributed by atoms with Gasteiger partial charge in [-0.05, 0) is 44.9 Å². The number of hydrogen-bond donors (Lipinski definition) is 3. The van der Waals surface area contributed by atoms with E-state index in [9.17, 15) is 22.9 Å². The first-order chi connectivity index (χ1) is 25.3. The van der Waals surface area contributed by atoms with Gasteiger partial charge in [-0.25, -0.2) is 0 Å². The van der Waals surface area contributed by atoms with Crippen molar-refractivity contribution in [1.29, 1.82) is 0 Å². The van der Waals surface area contributed by atoms with Crippen LogP contribution < -0.4 is 5.32 Å². The van der Waals surface area contributed by atoms with Crippen LogP contribution in [0.4, 0.5) is 0 Å². The minimum absolute atomic E-state index is 0.278. The zero-order valence-corrected chi connectivity index (χ0v) is 35.3. The first-order valence-electron chi connectivity index (χ1n) is 22.5. The molecule has 2 unspecified atom stereocenters. The topological polar surface area (TPSA) is 104 Å². The van der Waals surface area contributed by atoms with E-state index in [2.05, 4.69) is 31.3 Å².